The SMILES string of the molecule is COc1cc(CNCC(C)C)cc(Cl)c1O. The first-order chi connectivity index (χ1) is 7.54. The highest BCUT2D eigenvalue weighted by Crippen LogP contribution is 2.34. The van der Waals surface area contributed by atoms with Crippen molar-refractivity contribution in [3.8, 4) is 11.5 Å². The van der Waals surface area contributed by atoms with Gasteiger partial charge in [0.25, 0.3) is 0 Å². The van der Waals surface area contributed by atoms with Gasteiger partial charge >= 0.3 is 0 Å². The van der Waals surface area contributed by atoms with Gasteiger partial charge < -0.3 is 15.2 Å². The average molecular weight is 244 g/mol. The van der Waals surface area contributed by atoms with E-state index in [0.717, 1.165) is 12.1 Å². The lowest BCUT2D eigenvalue weighted by atomic mass is 10.2. The van der Waals surface area contributed by atoms with Crippen LogP contribution in [0.5, 0.6) is 11.5 Å². The standard InChI is InChI=1S/C12H18ClNO2/c1-8(2)6-14-7-9-4-10(13)12(15)11(5-9)16-3/h4-5,8,14-15H,6-7H2,1-3H3. The Morgan fingerprint density at radius 2 is 2.12 bits per heavy atom. The maximum absolute atomic E-state index is 9.56. The maximum atomic E-state index is 9.56. The lowest BCUT2D eigenvalue weighted by Crippen LogP contribution is -2.18. The van der Waals surface area contributed by atoms with Gasteiger partial charge in [0.15, 0.2) is 11.5 Å². The quantitative estimate of drug-likeness (QED) is 0.836. The molecule has 1 aromatic rings. The maximum Gasteiger partial charge on any atom is 0.176 e. The predicted octanol–water partition coefficient (Wildman–Crippen LogP) is 2.80. The molecule has 1 rings (SSSR count). The van der Waals surface area contributed by atoms with Crippen LogP contribution in [0.1, 0.15) is 19.4 Å². The minimum absolute atomic E-state index is 0.00298. The van der Waals surface area contributed by atoms with E-state index in [9.17, 15) is 5.11 Å². The van der Waals surface area contributed by atoms with Gasteiger partial charge in [0, 0.05) is 6.54 Å². The summed E-state index contributed by atoms with van der Waals surface area (Å²) in [7, 11) is 1.51. The van der Waals surface area contributed by atoms with E-state index in [1.54, 1.807) is 12.1 Å². The molecular formula is C12H18ClNO2. The summed E-state index contributed by atoms with van der Waals surface area (Å²) >= 11 is 5.88. The Kier molecular flexibility index (Phi) is 4.90. The van der Waals surface area contributed by atoms with Crippen LogP contribution in [0.15, 0.2) is 12.1 Å². The summed E-state index contributed by atoms with van der Waals surface area (Å²) in [6.45, 7) is 5.96. The van der Waals surface area contributed by atoms with E-state index in [4.69, 9.17) is 16.3 Å². The molecule has 0 saturated heterocycles. The molecule has 0 fully saturated rings. The highest BCUT2D eigenvalue weighted by molar-refractivity contribution is 6.32. The number of ether oxygens (including phenoxy) is 1. The van der Waals surface area contributed by atoms with Crippen molar-refractivity contribution < 1.29 is 9.84 Å². The number of methoxy groups -OCH3 is 1. The lowest BCUT2D eigenvalue weighted by molar-refractivity contribution is 0.373. The summed E-state index contributed by atoms with van der Waals surface area (Å²) in [5, 5.41) is 13.2. The van der Waals surface area contributed by atoms with E-state index < -0.39 is 0 Å². The third-order valence-electron chi connectivity index (χ3n) is 2.19. The van der Waals surface area contributed by atoms with E-state index >= 15 is 0 Å². The van der Waals surface area contributed by atoms with E-state index in [1.165, 1.54) is 7.11 Å². The molecule has 0 atom stereocenters. The summed E-state index contributed by atoms with van der Waals surface area (Å²) in [6.07, 6.45) is 0. The number of nitrogens with one attached hydrogen (secondary N) is 1. The Hall–Kier alpha value is -0.930. The summed E-state index contributed by atoms with van der Waals surface area (Å²) in [5.41, 5.74) is 1.00. The second-order valence-corrected chi connectivity index (χ2v) is 4.56. The molecule has 1 aromatic carbocycles. The normalized spacial score (nSPS) is 10.8. The summed E-state index contributed by atoms with van der Waals surface area (Å²) in [5.74, 6) is 1.01. The van der Waals surface area contributed by atoms with Gasteiger partial charge in [-0.1, -0.05) is 25.4 Å². The topological polar surface area (TPSA) is 41.5 Å². The molecule has 0 aromatic heterocycles. The van der Waals surface area contributed by atoms with Crippen molar-refractivity contribution in [2.75, 3.05) is 13.7 Å². The molecule has 0 bridgehead atoms. The number of hydrogen-bond acceptors (Lipinski definition) is 3. The fourth-order valence-corrected chi connectivity index (χ4v) is 1.62. The smallest absolute Gasteiger partial charge is 0.176 e. The number of rotatable bonds is 5. The minimum Gasteiger partial charge on any atom is -0.503 e. The molecular weight excluding hydrogens is 226 g/mol. The van der Waals surface area contributed by atoms with Crippen LogP contribution in [0.25, 0.3) is 0 Å². The third kappa shape index (κ3) is 3.58. The minimum atomic E-state index is -0.00298. The Labute approximate surface area is 101 Å². The number of phenolic OH excluding ortho intramolecular Hbond substituents is 1. The zero-order valence-electron chi connectivity index (χ0n) is 9.88. The van der Waals surface area contributed by atoms with E-state index in [0.29, 0.717) is 23.2 Å². The molecule has 16 heavy (non-hydrogen) atoms. The number of hydrogen-bond donors (Lipinski definition) is 2. The van der Waals surface area contributed by atoms with E-state index in [1.807, 2.05) is 0 Å². The molecule has 0 aliphatic rings. The first kappa shape index (κ1) is 13.1. The highest BCUT2D eigenvalue weighted by atomic mass is 35.5. The van der Waals surface area contributed by atoms with Crippen LogP contribution in [0.3, 0.4) is 0 Å². The van der Waals surface area contributed by atoms with Gasteiger partial charge in [0.2, 0.25) is 0 Å². The van der Waals surface area contributed by atoms with Crippen molar-refractivity contribution in [1.29, 1.82) is 0 Å². The van der Waals surface area contributed by atoms with Gasteiger partial charge in [0.05, 0.1) is 12.1 Å². The Bertz CT molecular complexity index is 353. The molecule has 90 valence electrons. The Morgan fingerprint density at radius 1 is 1.44 bits per heavy atom. The largest absolute Gasteiger partial charge is 0.503 e. The molecule has 0 unspecified atom stereocenters. The fourth-order valence-electron chi connectivity index (χ4n) is 1.39. The predicted molar refractivity (Wildman–Crippen MR) is 66.2 cm³/mol. The lowest BCUT2D eigenvalue weighted by Gasteiger charge is -2.10. The van der Waals surface area contributed by atoms with Gasteiger partial charge in [-0.05, 0) is 30.2 Å². The van der Waals surface area contributed by atoms with Crippen LogP contribution in [-0.4, -0.2) is 18.8 Å². The molecule has 0 aliphatic carbocycles. The molecule has 0 aliphatic heterocycles. The zero-order chi connectivity index (χ0) is 12.1. The monoisotopic (exact) mass is 243 g/mol. The fraction of sp³-hybridized carbons (Fsp3) is 0.500. The first-order valence-electron chi connectivity index (χ1n) is 5.30. The molecule has 0 saturated carbocycles. The molecule has 3 nitrogen and oxygen atoms in total. The van der Waals surface area contributed by atoms with Gasteiger partial charge in [-0.3, -0.25) is 0 Å². The zero-order valence-corrected chi connectivity index (χ0v) is 10.6. The van der Waals surface area contributed by atoms with Crippen LogP contribution in [0.2, 0.25) is 5.02 Å². The van der Waals surface area contributed by atoms with Gasteiger partial charge in [0.1, 0.15) is 0 Å². The second kappa shape index (κ2) is 5.97. The van der Waals surface area contributed by atoms with Crippen LogP contribution in [0, 0.1) is 5.92 Å². The molecule has 0 spiro atoms. The summed E-state index contributed by atoms with van der Waals surface area (Å²) < 4.78 is 5.03. The summed E-state index contributed by atoms with van der Waals surface area (Å²) in [4.78, 5) is 0. The molecule has 0 radical (unpaired) electrons. The van der Waals surface area contributed by atoms with Gasteiger partial charge in [-0.25, -0.2) is 0 Å². The number of benzene rings is 1. The van der Waals surface area contributed by atoms with Gasteiger partial charge in [-0.2, -0.15) is 0 Å². The molecule has 2 N–H and O–H groups in total. The summed E-state index contributed by atoms with van der Waals surface area (Å²) in [6, 6.07) is 3.53. The third-order valence-corrected chi connectivity index (χ3v) is 2.48. The van der Waals surface area contributed by atoms with E-state index in [2.05, 4.69) is 19.2 Å². The first-order valence-corrected chi connectivity index (χ1v) is 5.68. The van der Waals surface area contributed by atoms with Gasteiger partial charge in [-0.15, -0.1) is 0 Å². The van der Waals surface area contributed by atoms with Crippen LogP contribution in [-0.2, 0) is 6.54 Å². The van der Waals surface area contributed by atoms with Crippen molar-refractivity contribution in [3.05, 3.63) is 22.7 Å². The molecule has 4 heteroatoms. The highest BCUT2D eigenvalue weighted by Gasteiger charge is 2.08. The number of halogens is 1. The van der Waals surface area contributed by atoms with Crippen molar-refractivity contribution in [2.45, 2.75) is 20.4 Å². The number of phenols is 1. The van der Waals surface area contributed by atoms with Crippen molar-refractivity contribution in [2.24, 2.45) is 5.92 Å². The number of aromatic hydroxyl groups is 1. The molecule has 0 amide bonds. The van der Waals surface area contributed by atoms with Crippen molar-refractivity contribution >= 4 is 11.6 Å². The van der Waals surface area contributed by atoms with Crippen molar-refractivity contribution in [1.82, 2.24) is 5.32 Å². The Balaban J connectivity index is 2.70. The second-order valence-electron chi connectivity index (χ2n) is 4.15. The molecule has 0 heterocycles. The van der Waals surface area contributed by atoms with Crippen molar-refractivity contribution in [3.63, 3.8) is 0 Å². The van der Waals surface area contributed by atoms with Crippen LogP contribution in [0.4, 0.5) is 0 Å². The van der Waals surface area contributed by atoms with Crippen LogP contribution < -0.4 is 10.1 Å². The van der Waals surface area contributed by atoms with E-state index in [-0.39, 0.29) is 5.75 Å². The van der Waals surface area contributed by atoms with Crippen LogP contribution >= 0.6 is 11.6 Å². The average Bonchev–Trinajstić information content (AvgIpc) is 2.22. The Morgan fingerprint density at radius 3 is 2.69 bits per heavy atom.